The predicted octanol–water partition coefficient (Wildman–Crippen LogP) is 3.22. The largest absolute Gasteiger partial charge is 0.480 e. The molecule has 3 N–H and O–H groups in total. The summed E-state index contributed by atoms with van der Waals surface area (Å²) in [6.07, 6.45) is -0.553. The van der Waals surface area contributed by atoms with Crippen LogP contribution in [0.5, 0.6) is 0 Å². The Bertz CT molecular complexity index is 918. The van der Waals surface area contributed by atoms with E-state index in [1.165, 1.54) is 7.05 Å². The molecule has 2 aromatic rings. The molecule has 0 aliphatic heterocycles. The topological polar surface area (TPSA) is 116 Å². The number of hydrogen-bond acceptors (Lipinski definition) is 5. The first kappa shape index (κ1) is 22.9. The first-order chi connectivity index (χ1) is 14.0. The molecule has 0 spiro atoms. The maximum Gasteiger partial charge on any atom is 0.412 e. The van der Waals surface area contributed by atoms with E-state index in [4.69, 9.17) is 9.84 Å². The third-order valence-electron chi connectivity index (χ3n) is 4.22. The van der Waals surface area contributed by atoms with E-state index >= 15 is 0 Å². The van der Waals surface area contributed by atoms with Crippen LogP contribution >= 0.6 is 0 Å². The number of aliphatic hydroxyl groups is 1. The number of nitrogens with zero attached hydrogens (tertiary/aromatic N) is 1. The van der Waals surface area contributed by atoms with Crippen LogP contribution in [0.1, 0.15) is 31.1 Å². The highest BCUT2D eigenvalue weighted by Gasteiger charge is 2.26. The zero-order chi connectivity index (χ0) is 22.5. The fourth-order valence-electron chi connectivity index (χ4n) is 2.71. The number of carbonyl (C=O) groups is 3. The molecule has 0 aliphatic rings. The molecule has 0 fully saturated rings. The number of anilines is 1. The maximum absolute atomic E-state index is 12.6. The van der Waals surface area contributed by atoms with Gasteiger partial charge in [-0.1, -0.05) is 24.3 Å². The lowest BCUT2D eigenvalue weighted by Gasteiger charge is -2.23. The second-order valence-corrected chi connectivity index (χ2v) is 7.74. The van der Waals surface area contributed by atoms with E-state index in [0.29, 0.717) is 11.3 Å². The fraction of sp³-hybridized carbons (Fsp3) is 0.318. The van der Waals surface area contributed by atoms with Crippen molar-refractivity contribution in [3.63, 3.8) is 0 Å². The summed E-state index contributed by atoms with van der Waals surface area (Å²) in [4.78, 5) is 36.7. The van der Waals surface area contributed by atoms with E-state index in [-0.39, 0.29) is 0 Å². The Kier molecular flexibility index (Phi) is 7.18. The normalized spacial score (nSPS) is 12.0. The van der Waals surface area contributed by atoms with Crippen LogP contribution in [-0.4, -0.2) is 58.4 Å². The minimum Gasteiger partial charge on any atom is -0.480 e. The Morgan fingerprint density at radius 2 is 1.70 bits per heavy atom. The van der Waals surface area contributed by atoms with Crippen molar-refractivity contribution in [2.75, 3.05) is 19.0 Å². The van der Waals surface area contributed by atoms with Crippen LogP contribution in [-0.2, 0) is 9.53 Å². The summed E-state index contributed by atoms with van der Waals surface area (Å²) in [6, 6.07) is 12.4. The van der Waals surface area contributed by atoms with Gasteiger partial charge in [-0.05, 0) is 56.2 Å². The van der Waals surface area contributed by atoms with E-state index in [1.54, 1.807) is 63.2 Å². The number of rotatable bonds is 6. The number of likely N-dealkylation sites (N-methyl/N-ethyl adjacent to an activating group) is 1. The van der Waals surface area contributed by atoms with Gasteiger partial charge in [0.2, 0.25) is 0 Å². The van der Waals surface area contributed by atoms with Crippen molar-refractivity contribution >= 4 is 23.7 Å². The van der Waals surface area contributed by atoms with Crippen molar-refractivity contribution in [1.82, 2.24) is 4.90 Å². The van der Waals surface area contributed by atoms with Crippen LogP contribution in [0.25, 0.3) is 11.1 Å². The zero-order valence-electron chi connectivity index (χ0n) is 17.4. The van der Waals surface area contributed by atoms with Gasteiger partial charge in [-0.15, -0.1) is 0 Å². The number of carbonyl (C=O) groups excluding carboxylic acids is 2. The Balaban J connectivity index is 2.17. The number of nitrogens with one attached hydrogen (secondary N) is 1. The molecule has 160 valence electrons. The van der Waals surface area contributed by atoms with Gasteiger partial charge in [-0.25, -0.2) is 9.59 Å². The molecule has 2 amide bonds. The standard InChI is InChI=1S/C22H26N2O6/c1-22(2,3)30-21(29)23-17-10-8-14(9-11-17)15-6-5-7-16(12-15)19(26)24(4)18(13-25)20(27)28/h5-12,18,25H,13H2,1-4H3,(H,23,29)(H,27,28)/t18-/m0/s1. The van der Waals surface area contributed by atoms with Gasteiger partial charge in [0.15, 0.2) is 6.04 Å². The Hall–Kier alpha value is -3.39. The molecule has 0 aromatic heterocycles. The highest BCUT2D eigenvalue weighted by atomic mass is 16.6. The number of amides is 2. The summed E-state index contributed by atoms with van der Waals surface area (Å²) in [5.74, 6) is -1.79. The molecule has 0 heterocycles. The van der Waals surface area contributed by atoms with Crippen LogP contribution in [0.15, 0.2) is 48.5 Å². The minimum atomic E-state index is -1.32. The lowest BCUT2D eigenvalue weighted by atomic mass is 10.0. The minimum absolute atomic E-state index is 0.297. The quantitative estimate of drug-likeness (QED) is 0.668. The molecule has 2 rings (SSSR count). The number of aliphatic carboxylic acids is 1. The number of carboxylic acids is 1. The summed E-state index contributed by atoms with van der Waals surface area (Å²) in [5.41, 5.74) is 1.81. The van der Waals surface area contributed by atoms with Crippen LogP contribution in [0.4, 0.5) is 10.5 Å². The first-order valence-electron chi connectivity index (χ1n) is 9.33. The molecule has 0 unspecified atom stereocenters. The number of ether oxygens (including phenoxy) is 1. The third-order valence-corrected chi connectivity index (χ3v) is 4.22. The summed E-state index contributed by atoms with van der Waals surface area (Å²) in [7, 11) is 1.33. The summed E-state index contributed by atoms with van der Waals surface area (Å²) in [5, 5.41) is 21.0. The molecule has 0 saturated heterocycles. The molecule has 8 nitrogen and oxygen atoms in total. The Morgan fingerprint density at radius 1 is 1.07 bits per heavy atom. The number of carboxylic acid groups (broad SMARTS) is 1. The van der Waals surface area contributed by atoms with Gasteiger partial charge in [-0.3, -0.25) is 10.1 Å². The van der Waals surface area contributed by atoms with Gasteiger partial charge in [-0.2, -0.15) is 0 Å². The molecule has 0 radical (unpaired) electrons. The second kappa shape index (κ2) is 9.41. The summed E-state index contributed by atoms with van der Waals surface area (Å²) in [6.45, 7) is 4.66. The van der Waals surface area contributed by atoms with Crippen molar-refractivity contribution < 1.29 is 29.3 Å². The smallest absolute Gasteiger partial charge is 0.412 e. The van der Waals surface area contributed by atoms with Crippen molar-refractivity contribution in [3.8, 4) is 11.1 Å². The molecule has 30 heavy (non-hydrogen) atoms. The highest BCUT2D eigenvalue weighted by Crippen LogP contribution is 2.23. The van der Waals surface area contributed by atoms with E-state index in [1.807, 2.05) is 6.07 Å². The molecular formula is C22H26N2O6. The molecule has 8 heteroatoms. The summed E-state index contributed by atoms with van der Waals surface area (Å²) < 4.78 is 5.21. The Morgan fingerprint density at radius 3 is 2.23 bits per heavy atom. The lowest BCUT2D eigenvalue weighted by molar-refractivity contribution is -0.143. The van der Waals surface area contributed by atoms with Crippen molar-refractivity contribution in [2.45, 2.75) is 32.4 Å². The van der Waals surface area contributed by atoms with E-state index in [2.05, 4.69) is 5.32 Å². The van der Waals surface area contributed by atoms with Gasteiger partial charge >= 0.3 is 12.1 Å². The van der Waals surface area contributed by atoms with E-state index < -0.39 is 36.2 Å². The second-order valence-electron chi connectivity index (χ2n) is 7.74. The molecule has 2 aromatic carbocycles. The number of hydrogen-bond donors (Lipinski definition) is 3. The van der Waals surface area contributed by atoms with Gasteiger partial charge in [0.1, 0.15) is 5.60 Å². The number of aliphatic hydroxyl groups excluding tert-OH is 1. The average molecular weight is 414 g/mol. The molecule has 0 saturated carbocycles. The molecular weight excluding hydrogens is 388 g/mol. The SMILES string of the molecule is CN(C(=O)c1cccc(-c2ccc(NC(=O)OC(C)(C)C)cc2)c1)[C@@H](CO)C(=O)O. The zero-order valence-corrected chi connectivity index (χ0v) is 17.4. The van der Waals surface area contributed by atoms with Gasteiger partial charge in [0, 0.05) is 18.3 Å². The van der Waals surface area contributed by atoms with Gasteiger partial charge in [0.25, 0.3) is 5.91 Å². The van der Waals surface area contributed by atoms with E-state index in [9.17, 15) is 19.5 Å². The van der Waals surface area contributed by atoms with Crippen LogP contribution in [0, 0.1) is 0 Å². The first-order valence-corrected chi connectivity index (χ1v) is 9.33. The van der Waals surface area contributed by atoms with Gasteiger partial charge in [0.05, 0.1) is 6.61 Å². The molecule has 0 aliphatic carbocycles. The van der Waals surface area contributed by atoms with Gasteiger partial charge < -0.3 is 19.8 Å². The summed E-state index contributed by atoms with van der Waals surface area (Å²) >= 11 is 0. The Labute approximate surface area is 175 Å². The maximum atomic E-state index is 12.6. The fourth-order valence-corrected chi connectivity index (χ4v) is 2.71. The van der Waals surface area contributed by atoms with Crippen LogP contribution in [0.3, 0.4) is 0 Å². The third kappa shape index (κ3) is 6.05. The van der Waals surface area contributed by atoms with Crippen LogP contribution < -0.4 is 5.32 Å². The highest BCUT2D eigenvalue weighted by molar-refractivity contribution is 5.97. The molecule has 0 bridgehead atoms. The average Bonchev–Trinajstić information content (AvgIpc) is 2.66. The van der Waals surface area contributed by atoms with Crippen molar-refractivity contribution in [3.05, 3.63) is 54.1 Å². The van der Waals surface area contributed by atoms with Crippen LogP contribution in [0.2, 0.25) is 0 Å². The monoisotopic (exact) mass is 414 g/mol. The predicted molar refractivity (Wildman–Crippen MR) is 112 cm³/mol. The van der Waals surface area contributed by atoms with Crippen molar-refractivity contribution in [2.24, 2.45) is 0 Å². The number of benzene rings is 2. The van der Waals surface area contributed by atoms with E-state index in [0.717, 1.165) is 16.0 Å². The molecule has 1 atom stereocenters. The lowest BCUT2D eigenvalue weighted by Crippen LogP contribution is -2.44. The van der Waals surface area contributed by atoms with Crippen molar-refractivity contribution in [1.29, 1.82) is 0 Å².